The summed E-state index contributed by atoms with van der Waals surface area (Å²) in [7, 11) is 1.53. The summed E-state index contributed by atoms with van der Waals surface area (Å²) < 4.78 is 19.1. The SMILES string of the molecule is COc1ccc(C(C)Nc2ccc(C)cc2C)c(F)c1. The van der Waals surface area contributed by atoms with Gasteiger partial charge in [-0.25, -0.2) is 4.39 Å². The van der Waals surface area contributed by atoms with Gasteiger partial charge in [-0.05, 0) is 38.5 Å². The van der Waals surface area contributed by atoms with E-state index in [0.29, 0.717) is 11.3 Å². The lowest BCUT2D eigenvalue weighted by Crippen LogP contribution is -2.09. The molecule has 3 heteroatoms. The van der Waals surface area contributed by atoms with Crippen molar-refractivity contribution in [3.05, 3.63) is 58.9 Å². The highest BCUT2D eigenvalue weighted by Gasteiger charge is 2.12. The van der Waals surface area contributed by atoms with Gasteiger partial charge >= 0.3 is 0 Å². The monoisotopic (exact) mass is 273 g/mol. The third-order valence-corrected chi connectivity index (χ3v) is 3.43. The average molecular weight is 273 g/mol. The predicted molar refractivity (Wildman–Crippen MR) is 80.9 cm³/mol. The third kappa shape index (κ3) is 3.10. The van der Waals surface area contributed by atoms with Crippen LogP contribution in [-0.2, 0) is 0 Å². The Hall–Kier alpha value is -2.03. The first kappa shape index (κ1) is 14.4. The summed E-state index contributed by atoms with van der Waals surface area (Å²) in [5.41, 5.74) is 4.03. The Morgan fingerprint density at radius 3 is 2.45 bits per heavy atom. The molecule has 0 aromatic heterocycles. The van der Waals surface area contributed by atoms with Crippen LogP contribution < -0.4 is 10.1 Å². The van der Waals surface area contributed by atoms with E-state index in [1.54, 1.807) is 12.1 Å². The van der Waals surface area contributed by atoms with Gasteiger partial charge < -0.3 is 10.1 Å². The average Bonchev–Trinajstić information content (AvgIpc) is 2.41. The van der Waals surface area contributed by atoms with Gasteiger partial charge in [0.25, 0.3) is 0 Å². The van der Waals surface area contributed by atoms with E-state index in [2.05, 4.69) is 18.3 Å². The minimum Gasteiger partial charge on any atom is -0.497 e. The van der Waals surface area contributed by atoms with Crippen molar-refractivity contribution in [2.75, 3.05) is 12.4 Å². The predicted octanol–water partition coefficient (Wildman–Crippen LogP) is 4.62. The number of hydrogen-bond acceptors (Lipinski definition) is 2. The van der Waals surface area contributed by atoms with E-state index in [0.717, 1.165) is 11.3 Å². The van der Waals surface area contributed by atoms with E-state index in [9.17, 15) is 4.39 Å². The third-order valence-electron chi connectivity index (χ3n) is 3.43. The number of nitrogens with one attached hydrogen (secondary N) is 1. The zero-order valence-electron chi connectivity index (χ0n) is 12.3. The molecule has 2 aromatic rings. The summed E-state index contributed by atoms with van der Waals surface area (Å²) in [5.74, 6) is 0.277. The largest absolute Gasteiger partial charge is 0.497 e. The van der Waals surface area contributed by atoms with E-state index in [-0.39, 0.29) is 11.9 Å². The van der Waals surface area contributed by atoms with Crippen LogP contribution in [-0.4, -0.2) is 7.11 Å². The number of benzene rings is 2. The highest BCUT2D eigenvalue weighted by Crippen LogP contribution is 2.26. The van der Waals surface area contributed by atoms with Crippen molar-refractivity contribution in [3.63, 3.8) is 0 Å². The van der Waals surface area contributed by atoms with E-state index < -0.39 is 0 Å². The molecular formula is C17H20FNO. The van der Waals surface area contributed by atoms with Gasteiger partial charge in [-0.15, -0.1) is 0 Å². The maximum absolute atomic E-state index is 14.0. The van der Waals surface area contributed by atoms with Crippen molar-refractivity contribution in [3.8, 4) is 5.75 Å². The fraction of sp³-hybridized carbons (Fsp3) is 0.294. The van der Waals surface area contributed by atoms with Gasteiger partial charge in [0.2, 0.25) is 0 Å². The van der Waals surface area contributed by atoms with Crippen molar-refractivity contribution < 1.29 is 9.13 Å². The van der Waals surface area contributed by atoms with Crippen LogP contribution in [0.2, 0.25) is 0 Å². The second-order valence-electron chi connectivity index (χ2n) is 5.07. The summed E-state index contributed by atoms with van der Waals surface area (Å²) in [4.78, 5) is 0. The summed E-state index contributed by atoms with van der Waals surface area (Å²) in [5, 5.41) is 3.35. The van der Waals surface area contributed by atoms with E-state index in [1.165, 1.54) is 18.7 Å². The van der Waals surface area contributed by atoms with E-state index in [4.69, 9.17) is 4.74 Å². The molecule has 1 atom stereocenters. The van der Waals surface area contributed by atoms with Crippen LogP contribution >= 0.6 is 0 Å². The van der Waals surface area contributed by atoms with Crippen molar-refractivity contribution in [1.82, 2.24) is 0 Å². The first-order valence-corrected chi connectivity index (χ1v) is 6.68. The lowest BCUT2D eigenvalue weighted by atomic mass is 10.1. The second kappa shape index (κ2) is 5.95. The number of methoxy groups -OCH3 is 1. The second-order valence-corrected chi connectivity index (χ2v) is 5.07. The summed E-state index contributed by atoms with van der Waals surface area (Å²) in [6.45, 7) is 6.06. The Morgan fingerprint density at radius 1 is 1.10 bits per heavy atom. The Morgan fingerprint density at radius 2 is 1.85 bits per heavy atom. The molecule has 0 radical (unpaired) electrons. The Balaban J connectivity index is 2.21. The fourth-order valence-electron chi connectivity index (χ4n) is 2.27. The molecule has 0 bridgehead atoms. The van der Waals surface area contributed by atoms with Gasteiger partial charge in [0.15, 0.2) is 0 Å². The lowest BCUT2D eigenvalue weighted by molar-refractivity contribution is 0.410. The molecule has 0 spiro atoms. The number of hydrogen-bond donors (Lipinski definition) is 1. The zero-order valence-corrected chi connectivity index (χ0v) is 12.3. The Labute approximate surface area is 119 Å². The van der Waals surface area contributed by atoms with Gasteiger partial charge in [-0.1, -0.05) is 23.8 Å². The lowest BCUT2D eigenvalue weighted by Gasteiger charge is -2.18. The summed E-state index contributed by atoms with van der Waals surface area (Å²) in [6, 6.07) is 11.0. The quantitative estimate of drug-likeness (QED) is 0.877. The molecule has 2 rings (SSSR count). The number of ether oxygens (including phenoxy) is 1. The smallest absolute Gasteiger partial charge is 0.132 e. The Bertz CT molecular complexity index is 610. The van der Waals surface area contributed by atoms with Gasteiger partial charge in [0, 0.05) is 17.3 Å². The molecule has 0 heterocycles. The summed E-state index contributed by atoms with van der Waals surface area (Å²) in [6.07, 6.45) is 0. The van der Waals surface area contributed by atoms with Crippen molar-refractivity contribution >= 4 is 5.69 Å². The van der Waals surface area contributed by atoms with Crippen molar-refractivity contribution in [2.24, 2.45) is 0 Å². The highest BCUT2D eigenvalue weighted by molar-refractivity contribution is 5.53. The van der Waals surface area contributed by atoms with Crippen LogP contribution in [0.4, 0.5) is 10.1 Å². The van der Waals surface area contributed by atoms with Crippen LogP contribution in [0.15, 0.2) is 36.4 Å². The number of anilines is 1. The normalized spacial score (nSPS) is 12.1. The maximum Gasteiger partial charge on any atom is 0.132 e. The molecule has 106 valence electrons. The molecule has 1 N–H and O–H groups in total. The van der Waals surface area contributed by atoms with Crippen LogP contribution in [0.3, 0.4) is 0 Å². The van der Waals surface area contributed by atoms with Crippen LogP contribution in [0, 0.1) is 19.7 Å². The topological polar surface area (TPSA) is 21.3 Å². The highest BCUT2D eigenvalue weighted by atomic mass is 19.1. The number of halogens is 1. The molecule has 20 heavy (non-hydrogen) atoms. The fourth-order valence-corrected chi connectivity index (χ4v) is 2.27. The molecule has 2 nitrogen and oxygen atoms in total. The van der Waals surface area contributed by atoms with Gasteiger partial charge in [0.05, 0.1) is 13.2 Å². The molecule has 0 saturated heterocycles. The standard InChI is InChI=1S/C17H20FNO/c1-11-5-8-17(12(2)9-11)19-13(3)15-7-6-14(20-4)10-16(15)18/h5-10,13,19H,1-4H3. The molecule has 0 amide bonds. The van der Waals surface area contributed by atoms with Crippen LogP contribution in [0.25, 0.3) is 0 Å². The number of rotatable bonds is 4. The molecule has 0 saturated carbocycles. The van der Waals surface area contributed by atoms with Gasteiger partial charge in [-0.3, -0.25) is 0 Å². The van der Waals surface area contributed by atoms with Gasteiger partial charge in [-0.2, -0.15) is 0 Å². The van der Waals surface area contributed by atoms with Crippen molar-refractivity contribution in [1.29, 1.82) is 0 Å². The minimum absolute atomic E-state index is 0.109. The van der Waals surface area contributed by atoms with E-state index >= 15 is 0 Å². The zero-order chi connectivity index (χ0) is 14.7. The van der Waals surface area contributed by atoms with Gasteiger partial charge in [0.1, 0.15) is 11.6 Å². The first-order valence-electron chi connectivity index (χ1n) is 6.68. The van der Waals surface area contributed by atoms with Crippen LogP contribution in [0.5, 0.6) is 5.75 Å². The molecule has 0 aliphatic rings. The molecular weight excluding hydrogens is 253 g/mol. The molecule has 2 aromatic carbocycles. The maximum atomic E-state index is 14.0. The molecule has 0 aliphatic heterocycles. The molecule has 0 fully saturated rings. The summed E-state index contributed by atoms with van der Waals surface area (Å²) >= 11 is 0. The minimum atomic E-state index is -0.255. The molecule has 0 aliphatic carbocycles. The van der Waals surface area contributed by atoms with Crippen molar-refractivity contribution in [2.45, 2.75) is 26.8 Å². The Kier molecular flexibility index (Phi) is 4.28. The number of aryl methyl sites for hydroxylation is 2. The van der Waals surface area contributed by atoms with E-state index in [1.807, 2.05) is 26.0 Å². The first-order chi connectivity index (χ1) is 9.51. The van der Waals surface area contributed by atoms with Crippen LogP contribution in [0.1, 0.15) is 29.7 Å². The molecule has 1 unspecified atom stereocenters.